The first-order chi connectivity index (χ1) is 13.5. The third kappa shape index (κ3) is 12.1. The average Bonchev–Trinajstić information content (AvgIpc) is 2.60. The van der Waals surface area contributed by atoms with Crippen molar-refractivity contribution in [1.29, 1.82) is 0 Å². The molecule has 0 aliphatic carbocycles. The molecule has 0 aromatic carbocycles. The van der Waals surface area contributed by atoms with Gasteiger partial charge in [0.05, 0.1) is 6.61 Å². The number of likely N-dealkylation sites (N-methyl/N-ethyl adjacent to an activating group) is 1. The summed E-state index contributed by atoms with van der Waals surface area (Å²) in [5.74, 6) is 0. The van der Waals surface area contributed by atoms with Crippen molar-refractivity contribution in [3.05, 3.63) is 12.7 Å². The monoisotopic (exact) mass is 411 g/mol. The molecule has 0 radical (unpaired) electrons. The number of nitrogens with one attached hydrogen (secondary N) is 1. The van der Waals surface area contributed by atoms with Gasteiger partial charge < -0.3 is 25.0 Å². The van der Waals surface area contributed by atoms with E-state index in [2.05, 4.69) is 63.5 Å². The van der Waals surface area contributed by atoms with E-state index in [4.69, 9.17) is 4.74 Å². The Bertz CT molecular complexity index is 437. The summed E-state index contributed by atoms with van der Waals surface area (Å²) in [7, 11) is 4.43. The summed E-state index contributed by atoms with van der Waals surface area (Å²) in [5, 5.41) is 13.1. The Balaban J connectivity index is 2.03. The quantitative estimate of drug-likeness (QED) is 0.242. The third-order valence-electron chi connectivity index (χ3n) is 6.06. The van der Waals surface area contributed by atoms with Gasteiger partial charge in [-0.05, 0) is 86.6 Å². The number of piperidine rings is 1. The maximum Gasteiger partial charge on any atom is 0.173 e. The molecule has 1 fully saturated rings. The molecule has 0 aromatic rings. The molecule has 1 unspecified atom stereocenters. The largest absolute Gasteiger partial charge is 0.365 e. The van der Waals surface area contributed by atoms with Crippen molar-refractivity contribution >= 4 is 0 Å². The number of rotatable bonds is 15. The van der Waals surface area contributed by atoms with E-state index < -0.39 is 6.29 Å². The number of hydrogen-bond donors (Lipinski definition) is 2. The molecule has 1 aliphatic heterocycles. The lowest BCUT2D eigenvalue weighted by Crippen LogP contribution is -2.61. The van der Waals surface area contributed by atoms with Crippen molar-refractivity contribution in [3.8, 4) is 0 Å². The third-order valence-corrected chi connectivity index (χ3v) is 6.06. The molecule has 0 aromatic heterocycles. The first kappa shape index (κ1) is 26.6. The molecule has 1 aliphatic rings. The molecule has 0 amide bonds. The molecule has 0 spiro atoms. The molecule has 5 nitrogen and oxygen atoms in total. The van der Waals surface area contributed by atoms with Crippen molar-refractivity contribution in [2.24, 2.45) is 0 Å². The Kier molecular flexibility index (Phi) is 12.0. The van der Waals surface area contributed by atoms with E-state index >= 15 is 0 Å². The Labute approximate surface area is 180 Å². The van der Waals surface area contributed by atoms with Crippen LogP contribution in [0.3, 0.4) is 0 Å². The van der Waals surface area contributed by atoms with Crippen molar-refractivity contribution < 1.29 is 9.84 Å². The molecule has 5 heteroatoms. The minimum atomic E-state index is -0.838. The number of hydrogen-bond acceptors (Lipinski definition) is 5. The summed E-state index contributed by atoms with van der Waals surface area (Å²) in [6.45, 7) is 16.6. The second kappa shape index (κ2) is 13.1. The van der Waals surface area contributed by atoms with Crippen LogP contribution in [0, 0.1) is 0 Å². The predicted octanol–water partition coefficient (Wildman–Crippen LogP) is 4.02. The van der Waals surface area contributed by atoms with E-state index in [-0.39, 0.29) is 11.1 Å². The van der Waals surface area contributed by atoms with Gasteiger partial charge in [-0.15, -0.1) is 0 Å². The lowest BCUT2D eigenvalue weighted by molar-refractivity contribution is -0.0678. The van der Waals surface area contributed by atoms with Gasteiger partial charge in [-0.1, -0.05) is 32.3 Å². The number of aliphatic hydroxyl groups is 1. The topological polar surface area (TPSA) is 48.0 Å². The van der Waals surface area contributed by atoms with Gasteiger partial charge in [-0.3, -0.25) is 0 Å². The predicted molar refractivity (Wildman–Crippen MR) is 124 cm³/mol. The molecule has 1 saturated heterocycles. The molecular weight excluding hydrogens is 362 g/mol. The van der Waals surface area contributed by atoms with Gasteiger partial charge in [0.1, 0.15) is 0 Å². The highest BCUT2D eigenvalue weighted by molar-refractivity contribution is 4.99. The normalized spacial score (nSPS) is 20.3. The van der Waals surface area contributed by atoms with Crippen LogP contribution in [-0.2, 0) is 4.74 Å². The van der Waals surface area contributed by atoms with Crippen molar-refractivity contribution in [2.45, 2.75) is 102 Å². The van der Waals surface area contributed by atoms with Crippen LogP contribution in [-0.4, -0.2) is 78.7 Å². The second-order valence-electron chi connectivity index (χ2n) is 10.4. The summed E-state index contributed by atoms with van der Waals surface area (Å²) in [6.07, 6.45) is 10.9. The van der Waals surface area contributed by atoms with Crippen molar-refractivity contribution in [1.82, 2.24) is 15.1 Å². The van der Waals surface area contributed by atoms with E-state index in [0.717, 1.165) is 13.1 Å². The highest BCUT2D eigenvalue weighted by atomic mass is 16.6. The van der Waals surface area contributed by atoms with E-state index in [0.29, 0.717) is 12.6 Å². The second-order valence-corrected chi connectivity index (χ2v) is 10.4. The zero-order valence-corrected chi connectivity index (χ0v) is 20.2. The summed E-state index contributed by atoms with van der Waals surface area (Å²) >= 11 is 0. The number of unbranched alkanes of at least 4 members (excludes halogenated alkanes) is 5. The van der Waals surface area contributed by atoms with Crippen LogP contribution in [0.25, 0.3) is 0 Å². The fourth-order valence-electron chi connectivity index (χ4n) is 4.72. The van der Waals surface area contributed by atoms with Crippen LogP contribution in [0.15, 0.2) is 12.7 Å². The van der Waals surface area contributed by atoms with Crippen LogP contribution in [0.4, 0.5) is 0 Å². The Hall–Kier alpha value is -0.460. The van der Waals surface area contributed by atoms with Crippen LogP contribution < -0.4 is 5.32 Å². The smallest absolute Gasteiger partial charge is 0.173 e. The Morgan fingerprint density at radius 1 is 0.966 bits per heavy atom. The SMILES string of the molecule is C=CC(O)OCCN(C)CCCCCCCCN(C)C1CC(C)(C)NC(C)(C)C1. The van der Waals surface area contributed by atoms with Crippen LogP contribution in [0.5, 0.6) is 0 Å². The number of aliphatic hydroxyl groups excluding tert-OH is 1. The molecule has 0 saturated carbocycles. The molecule has 172 valence electrons. The highest BCUT2D eigenvalue weighted by Gasteiger charge is 2.38. The molecule has 2 N–H and O–H groups in total. The molecule has 1 heterocycles. The molecular formula is C24H49N3O2. The van der Waals surface area contributed by atoms with Crippen molar-refractivity contribution in [2.75, 3.05) is 40.3 Å². The Morgan fingerprint density at radius 3 is 2.03 bits per heavy atom. The van der Waals surface area contributed by atoms with Gasteiger partial charge in [-0.2, -0.15) is 0 Å². The summed E-state index contributed by atoms with van der Waals surface area (Å²) < 4.78 is 5.21. The lowest BCUT2D eigenvalue weighted by atomic mass is 9.79. The average molecular weight is 412 g/mol. The standard InChI is InChI=1S/C24H49N3O2/c1-8-22(28)29-18-17-26(6)15-13-11-9-10-12-14-16-27(7)21-19-23(2,3)25-24(4,5)20-21/h8,21-22,25,28H,1,9-20H2,2-7H3. The highest BCUT2D eigenvalue weighted by Crippen LogP contribution is 2.31. The van der Waals surface area contributed by atoms with Gasteiger partial charge in [0.2, 0.25) is 0 Å². The molecule has 1 atom stereocenters. The van der Waals surface area contributed by atoms with E-state index in [1.165, 1.54) is 64.0 Å². The van der Waals surface area contributed by atoms with E-state index in [1.807, 2.05) is 0 Å². The minimum Gasteiger partial charge on any atom is -0.365 e. The fourth-order valence-corrected chi connectivity index (χ4v) is 4.72. The van der Waals surface area contributed by atoms with Gasteiger partial charge in [0.15, 0.2) is 6.29 Å². The van der Waals surface area contributed by atoms with Crippen LogP contribution >= 0.6 is 0 Å². The summed E-state index contributed by atoms with van der Waals surface area (Å²) in [6, 6.07) is 0.688. The van der Waals surface area contributed by atoms with E-state index in [1.54, 1.807) is 0 Å². The Morgan fingerprint density at radius 2 is 1.48 bits per heavy atom. The van der Waals surface area contributed by atoms with Gasteiger partial charge >= 0.3 is 0 Å². The first-order valence-corrected chi connectivity index (χ1v) is 11.6. The summed E-state index contributed by atoms with van der Waals surface area (Å²) in [5.41, 5.74) is 0.455. The van der Waals surface area contributed by atoms with Gasteiger partial charge in [-0.25, -0.2) is 0 Å². The number of nitrogens with zero attached hydrogens (tertiary/aromatic N) is 2. The van der Waals surface area contributed by atoms with Crippen LogP contribution in [0.1, 0.15) is 79.1 Å². The first-order valence-electron chi connectivity index (χ1n) is 11.6. The van der Waals surface area contributed by atoms with E-state index in [9.17, 15) is 5.11 Å². The molecule has 29 heavy (non-hydrogen) atoms. The maximum absolute atomic E-state index is 9.28. The number of ether oxygens (including phenoxy) is 1. The maximum atomic E-state index is 9.28. The zero-order chi connectivity index (χ0) is 21.9. The molecule has 0 bridgehead atoms. The van der Waals surface area contributed by atoms with Crippen molar-refractivity contribution in [3.63, 3.8) is 0 Å². The van der Waals surface area contributed by atoms with Gasteiger partial charge in [0, 0.05) is 23.7 Å². The summed E-state index contributed by atoms with van der Waals surface area (Å²) in [4.78, 5) is 4.87. The minimum absolute atomic E-state index is 0.228. The van der Waals surface area contributed by atoms with Gasteiger partial charge in [0.25, 0.3) is 0 Å². The fraction of sp³-hybridized carbons (Fsp3) is 0.917. The lowest BCUT2D eigenvalue weighted by Gasteiger charge is -2.49. The van der Waals surface area contributed by atoms with Crippen LogP contribution in [0.2, 0.25) is 0 Å². The zero-order valence-electron chi connectivity index (χ0n) is 20.2. The molecule has 1 rings (SSSR count).